The standard InChI is InChI=1S/C72H76B6N2O/c1-66(2,3)41-20-18-39(19-21-41)45-34-43(68(7,8)9)24-27-52(45)80-53-37-49-48(70(12,13)29-30-71(49,14)15)36-51(53)78-63-54(32-40(33-55(63)80)57-58(73)60(75)62(77)61(76)59(57)74)79(44-25-22-42(23-26-44)67(4,5)6)64-46-35-47-50(38-56(46)81-65(64)78)72(16,17)31-28-69(47,10)11/h18-27,32-38H,28-31H2,1-17H3. The van der Waals surface area contributed by atoms with E-state index in [1.807, 2.05) is 0 Å². The number of benzene rings is 7. The zero-order valence-corrected chi connectivity index (χ0v) is 51.4. The minimum Gasteiger partial charge on any atom is -0.468 e. The van der Waals surface area contributed by atoms with Crippen LogP contribution in [0.15, 0.2) is 108 Å². The summed E-state index contributed by atoms with van der Waals surface area (Å²) in [6.07, 6.45) is 4.33. The second-order valence-corrected chi connectivity index (χ2v) is 30.3. The van der Waals surface area contributed by atoms with Crippen LogP contribution in [-0.2, 0) is 37.9 Å². The van der Waals surface area contributed by atoms with Gasteiger partial charge in [-0.25, -0.2) is 0 Å². The second kappa shape index (κ2) is 18.0. The highest BCUT2D eigenvalue weighted by Crippen LogP contribution is 2.55. The fraction of sp³-hybridized carbons (Fsp3) is 0.389. The van der Waals surface area contributed by atoms with Crippen molar-refractivity contribution in [2.75, 3.05) is 9.80 Å². The van der Waals surface area contributed by atoms with Crippen molar-refractivity contribution in [2.45, 2.75) is 181 Å². The predicted octanol–water partition coefficient (Wildman–Crippen LogP) is 12.4. The van der Waals surface area contributed by atoms with Gasteiger partial charge in [0.25, 0.3) is 6.71 Å². The first-order valence-corrected chi connectivity index (χ1v) is 29.6. The quantitative estimate of drug-likeness (QED) is 0.164. The molecule has 1 aromatic heterocycles. The Hall–Kier alpha value is -5.93. The summed E-state index contributed by atoms with van der Waals surface area (Å²) < 4.78 is 7.77. The van der Waals surface area contributed by atoms with Gasteiger partial charge in [0, 0.05) is 33.7 Å². The molecule has 0 atom stereocenters. The minimum atomic E-state index is -0.327. The van der Waals surface area contributed by atoms with Gasteiger partial charge in [-0.3, -0.25) is 0 Å². The van der Waals surface area contributed by atoms with E-state index in [9.17, 15) is 0 Å². The highest BCUT2D eigenvalue weighted by atomic mass is 16.3. The van der Waals surface area contributed by atoms with E-state index in [0.717, 1.165) is 98.6 Å². The van der Waals surface area contributed by atoms with Gasteiger partial charge in [0.15, 0.2) is 0 Å². The number of fused-ring (bicyclic) bond motifs is 8. The molecule has 7 aromatic carbocycles. The zero-order chi connectivity index (χ0) is 58.4. The van der Waals surface area contributed by atoms with Crippen molar-refractivity contribution in [3.63, 3.8) is 0 Å². The zero-order valence-electron chi connectivity index (χ0n) is 51.4. The molecule has 12 rings (SSSR count). The monoisotopic (exact) mass is 1050 g/mol. The van der Waals surface area contributed by atoms with Crippen LogP contribution in [0.25, 0.3) is 33.2 Å². The van der Waals surface area contributed by atoms with Crippen molar-refractivity contribution in [1.82, 2.24) is 0 Å². The number of rotatable bonds is 4. The van der Waals surface area contributed by atoms with Crippen LogP contribution in [0.3, 0.4) is 0 Å². The van der Waals surface area contributed by atoms with E-state index in [2.05, 4.69) is 231 Å². The average molecular weight is 1050 g/mol. The maximum absolute atomic E-state index is 7.77. The largest absolute Gasteiger partial charge is 0.468 e. The molecule has 0 unspecified atom stereocenters. The van der Waals surface area contributed by atoms with E-state index in [1.165, 1.54) is 44.4 Å². The number of hydrogen-bond acceptors (Lipinski definition) is 3. The van der Waals surface area contributed by atoms with E-state index < -0.39 is 0 Å². The lowest BCUT2D eigenvalue weighted by molar-refractivity contribution is 0.332. The first kappa shape index (κ1) is 55.6. The average Bonchev–Trinajstić information content (AvgIpc) is 1.90. The summed E-state index contributed by atoms with van der Waals surface area (Å²) in [5, 5.41) is 1.09. The lowest BCUT2D eigenvalue weighted by Gasteiger charge is -2.47. The Balaban J connectivity index is 1.29. The smallest absolute Gasteiger partial charge is 0.297 e. The Kier molecular flexibility index (Phi) is 12.4. The van der Waals surface area contributed by atoms with E-state index in [1.54, 1.807) is 0 Å². The van der Waals surface area contributed by atoms with Crippen LogP contribution in [0.4, 0.5) is 34.1 Å². The SMILES string of the molecule is [B]c1c([B])c([B])c(-c2cc3c4c(c2)N(c2ccc(C(C)(C)C)cc2)c2c(oc5cc6c(cc25)C(C)(C)CCC6(C)C)B4c2cc4c(cc2N3c2ccc(C(C)(C)C)cc2-c2ccc(C(C)(C)C)cc2)C(C)(C)CCC4(C)C)c([B])c1[B]. The molecule has 81 heavy (non-hydrogen) atoms. The molecule has 398 valence electrons. The fourth-order valence-corrected chi connectivity index (χ4v) is 14.1. The predicted molar refractivity (Wildman–Crippen MR) is 355 cm³/mol. The Morgan fingerprint density at radius 1 is 0.432 bits per heavy atom. The summed E-state index contributed by atoms with van der Waals surface area (Å²) in [5.41, 5.74) is 23.9. The second-order valence-electron chi connectivity index (χ2n) is 30.3. The van der Waals surface area contributed by atoms with Crippen LogP contribution in [0.2, 0.25) is 0 Å². The van der Waals surface area contributed by atoms with E-state index in [4.69, 9.17) is 43.6 Å². The van der Waals surface area contributed by atoms with Crippen molar-refractivity contribution in [2.24, 2.45) is 0 Å². The molecule has 9 heteroatoms. The third-order valence-corrected chi connectivity index (χ3v) is 19.8. The Labute approximate surface area is 492 Å². The first-order valence-electron chi connectivity index (χ1n) is 29.6. The summed E-state index contributed by atoms with van der Waals surface area (Å²) in [6.45, 7) is 39.6. The van der Waals surface area contributed by atoms with Gasteiger partial charge in [-0.15, -0.1) is 16.4 Å². The summed E-state index contributed by atoms with van der Waals surface area (Å²) in [6, 6.07) is 40.1. The number of nitrogens with zero attached hydrogens (tertiary/aromatic N) is 2. The van der Waals surface area contributed by atoms with E-state index >= 15 is 0 Å². The maximum Gasteiger partial charge on any atom is 0.297 e. The summed E-state index contributed by atoms with van der Waals surface area (Å²) in [4.78, 5) is 5.03. The Morgan fingerprint density at radius 3 is 1.40 bits per heavy atom. The highest BCUT2D eigenvalue weighted by molar-refractivity contribution is 7.00. The van der Waals surface area contributed by atoms with Crippen LogP contribution < -0.4 is 53.7 Å². The van der Waals surface area contributed by atoms with Gasteiger partial charge < -0.3 is 14.2 Å². The molecule has 10 radical (unpaired) electrons. The molecule has 4 aliphatic rings. The molecule has 0 saturated heterocycles. The molecule has 0 saturated carbocycles. The van der Waals surface area contributed by atoms with Gasteiger partial charge in [0.1, 0.15) is 44.8 Å². The van der Waals surface area contributed by atoms with Crippen LogP contribution in [0, 0.1) is 0 Å². The van der Waals surface area contributed by atoms with Crippen molar-refractivity contribution >= 4 is 135 Å². The van der Waals surface area contributed by atoms with Crippen LogP contribution >= 0.6 is 0 Å². The number of hydrogen-bond donors (Lipinski definition) is 0. The van der Waals surface area contributed by atoms with Crippen LogP contribution in [0.1, 0.15) is 182 Å². The Morgan fingerprint density at radius 2 is 0.877 bits per heavy atom. The third-order valence-electron chi connectivity index (χ3n) is 19.8. The normalized spacial score (nSPS) is 17.6. The topological polar surface area (TPSA) is 19.6 Å². The molecule has 0 bridgehead atoms. The van der Waals surface area contributed by atoms with Crippen LogP contribution in [-0.4, -0.2) is 45.9 Å². The fourth-order valence-electron chi connectivity index (χ4n) is 14.1. The van der Waals surface area contributed by atoms with Gasteiger partial charge in [-0.05, 0) is 185 Å². The van der Waals surface area contributed by atoms with Gasteiger partial charge >= 0.3 is 0 Å². The van der Waals surface area contributed by atoms with Crippen molar-refractivity contribution in [3.8, 4) is 22.3 Å². The summed E-state index contributed by atoms with van der Waals surface area (Å²) in [5.74, 6) is 0. The lowest BCUT2D eigenvalue weighted by Crippen LogP contribution is -2.61. The minimum absolute atomic E-state index is 0.0205. The van der Waals surface area contributed by atoms with Crippen LogP contribution in [0.5, 0.6) is 0 Å². The van der Waals surface area contributed by atoms with Gasteiger partial charge in [-0.1, -0.05) is 177 Å². The molecular formula is C72H76B6N2O. The molecule has 2 aliphatic carbocycles. The Bertz CT molecular complexity index is 3920. The molecule has 3 nitrogen and oxygen atoms in total. The van der Waals surface area contributed by atoms with Gasteiger partial charge in [0.2, 0.25) is 0 Å². The third kappa shape index (κ3) is 8.64. The highest BCUT2D eigenvalue weighted by Gasteiger charge is 2.50. The molecule has 0 amide bonds. The van der Waals surface area contributed by atoms with Crippen molar-refractivity contribution < 1.29 is 4.42 Å². The van der Waals surface area contributed by atoms with Gasteiger partial charge in [0.05, 0.1) is 17.0 Å². The summed E-state index contributed by atoms with van der Waals surface area (Å²) in [7, 11) is 34.7. The van der Waals surface area contributed by atoms with Crippen molar-refractivity contribution in [3.05, 3.63) is 142 Å². The molecular weight excluding hydrogens is 974 g/mol. The van der Waals surface area contributed by atoms with E-state index in [-0.39, 0.29) is 61.0 Å². The van der Waals surface area contributed by atoms with Crippen molar-refractivity contribution in [1.29, 1.82) is 0 Å². The molecule has 0 spiro atoms. The molecule has 3 heterocycles. The molecule has 2 aliphatic heterocycles. The molecule has 0 N–H and O–H groups in total. The number of anilines is 6. The molecule has 8 aromatic rings. The first-order chi connectivity index (χ1) is 37.6. The maximum atomic E-state index is 7.77. The summed E-state index contributed by atoms with van der Waals surface area (Å²) >= 11 is 0. The molecule has 0 fully saturated rings. The lowest BCUT2D eigenvalue weighted by atomic mass is 9.35. The van der Waals surface area contributed by atoms with Gasteiger partial charge in [-0.2, -0.15) is 0 Å². The van der Waals surface area contributed by atoms with E-state index in [0.29, 0.717) is 16.5 Å². The number of furan rings is 1.